The highest BCUT2D eigenvalue weighted by Gasteiger charge is 2.25. The van der Waals surface area contributed by atoms with Crippen LogP contribution in [0.15, 0.2) is 53.6 Å². The van der Waals surface area contributed by atoms with E-state index in [2.05, 4.69) is 10.4 Å². The van der Waals surface area contributed by atoms with E-state index in [0.717, 1.165) is 5.56 Å². The first kappa shape index (κ1) is 16.7. The lowest BCUT2D eigenvalue weighted by atomic mass is 10.1. The minimum absolute atomic E-state index is 0.122. The van der Waals surface area contributed by atoms with Gasteiger partial charge in [0, 0.05) is 24.6 Å². The van der Waals surface area contributed by atoms with Crippen LogP contribution < -0.4 is 15.1 Å². The van der Waals surface area contributed by atoms with Gasteiger partial charge in [-0.3, -0.25) is 9.59 Å². The van der Waals surface area contributed by atoms with Crippen LogP contribution in [0.25, 0.3) is 0 Å². The summed E-state index contributed by atoms with van der Waals surface area (Å²) in [5, 5.41) is 8.37. The maximum atomic E-state index is 12.5. The Morgan fingerprint density at radius 3 is 2.72 bits per heavy atom. The first-order valence-corrected chi connectivity index (χ1v) is 7.99. The maximum Gasteiger partial charge on any atom is 0.271 e. The van der Waals surface area contributed by atoms with Gasteiger partial charge in [-0.2, -0.15) is 5.10 Å². The largest absolute Gasteiger partial charge is 0.497 e. The number of methoxy groups -OCH3 is 1. The van der Waals surface area contributed by atoms with E-state index in [1.54, 1.807) is 37.4 Å². The summed E-state index contributed by atoms with van der Waals surface area (Å²) in [6.45, 7) is 1.94. The third-order valence-electron chi connectivity index (χ3n) is 3.87. The molecule has 0 radical (unpaired) electrons. The Labute approximate surface area is 146 Å². The summed E-state index contributed by atoms with van der Waals surface area (Å²) < 4.78 is 5.15. The second-order valence-corrected chi connectivity index (χ2v) is 5.78. The van der Waals surface area contributed by atoms with Gasteiger partial charge in [-0.25, -0.2) is 5.01 Å². The summed E-state index contributed by atoms with van der Waals surface area (Å²) in [4.78, 5) is 24.7. The maximum absolute atomic E-state index is 12.5. The fraction of sp³-hybridized carbons (Fsp3) is 0.211. The molecule has 0 spiro atoms. The van der Waals surface area contributed by atoms with Gasteiger partial charge in [0.2, 0.25) is 5.91 Å². The van der Waals surface area contributed by atoms with Crippen LogP contribution in [0.2, 0.25) is 0 Å². The normalized spacial score (nSPS) is 14.1. The van der Waals surface area contributed by atoms with Crippen molar-refractivity contribution in [1.29, 1.82) is 0 Å². The predicted octanol–water partition coefficient (Wildman–Crippen LogP) is 3.13. The van der Waals surface area contributed by atoms with Crippen LogP contribution in [0.3, 0.4) is 0 Å². The van der Waals surface area contributed by atoms with Crippen molar-refractivity contribution < 1.29 is 14.3 Å². The number of carbonyl (C=O) groups is 2. The molecule has 128 valence electrons. The van der Waals surface area contributed by atoms with Crippen molar-refractivity contribution in [2.24, 2.45) is 5.10 Å². The van der Waals surface area contributed by atoms with Crippen LogP contribution in [0.4, 0.5) is 11.4 Å². The minimum Gasteiger partial charge on any atom is -0.497 e. The minimum atomic E-state index is -0.321. The highest BCUT2D eigenvalue weighted by Crippen LogP contribution is 2.22. The molecule has 25 heavy (non-hydrogen) atoms. The molecule has 1 N–H and O–H groups in total. The fourth-order valence-electron chi connectivity index (χ4n) is 2.58. The van der Waals surface area contributed by atoms with Crippen molar-refractivity contribution in [3.63, 3.8) is 0 Å². The van der Waals surface area contributed by atoms with Crippen LogP contribution in [0.5, 0.6) is 5.75 Å². The van der Waals surface area contributed by atoms with Crippen molar-refractivity contribution in [2.75, 3.05) is 17.4 Å². The molecule has 6 heteroatoms. The van der Waals surface area contributed by atoms with Gasteiger partial charge in [0.05, 0.1) is 12.8 Å². The summed E-state index contributed by atoms with van der Waals surface area (Å²) in [6, 6.07) is 14.6. The van der Waals surface area contributed by atoms with E-state index < -0.39 is 0 Å². The van der Waals surface area contributed by atoms with Crippen molar-refractivity contribution in [1.82, 2.24) is 0 Å². The number of hydrogen-bond acceptors (Lipinski definition) is 4. The number of hydrogen-bond donors (Lipinski definition) is 1. The Bertz CT molecular complexity index is 845. The van der Waals surface area contributed by atoms with Gasteiger partial charge in [0.15, 0.2) is 0 Å². The molecule has 0 saturated carbocycles. The molecule has 1 aliphatic heterocycles. The lowest BCUT2D eigenvalue weighted by molar-refractivity contribution is -0.118. The van der Waals surface area contributed by atoms with Gasteiger partial charge in [0.25, 0.3) is 5.91 Å². The molecule has 1 aliphatic rings. The smallest absolute Gasteiger partial charge is 0.271 e. The Hall–Kier alpha value is -3.15. The summed E-state index contributed by atoms with van der Waals surface area (Å²) in [5.41, 5.74) is 2.62. The Morgan fingerprint density at radius 2 is 1.96 bits per heavy atom. The van der Waals surface area contributed by atoms with Crippen LogP contribution in [0, 0.1) is 6.92 Å². The third-order valence-corrected chi connectivity index (χ3v) is 3.87. The van der Waals surface area contributed by atoms with E-state index in [1.165, 1.54) is 5.01 Å². The highest BCUT2D eigenvalue weighted by molar-refractivity contribution is 6.44. The molecule has 0 saturated heterocycles. The number of benzene rings is 2. The molecule has 0 unspecified atom stereocenters. The lowest BCUT2D eigenvalue weighted by Crippen LogP contribution is -2.36. The molecule has 6 nitrogen and oxygen atoms in total. The quantitative estimate of drug-likeness (QED) is 0.932. The first-order valence-electron chi connectivity index (χ1n) is 7.99. The van der Waals surface area contributed by atoms with Gasteiger partial charge < -0.3 is 10.1 Å². The summed E-state index contributed by atoms with van der Waals surface area (Å²) >= 11 is 0. The molecule has 2 amide bonds. The Morgan fingerprint density at radius 1 is 1.16 bits per heavy atom. The van der Waals surface area contributed by atoms with E-state index in [1.807, 2.05) is 25.1 Å². The second kappa shape index (κ2) is 7.17. The van der Waals surface area contributed by atoms with Crippen LogP contribution in [0.1, 0.15) is 18.4 Å². The fourth-order valence-corrected chi connectivity index (χ4v) is 2.58. The van der Waals surface area contributed by atoms with Gasteiger partial charge in [-0.1, -0.05) is 18.2 Å². The van der Waals surface area contributed by atoms with Gasteiger partial charge in [-0.15, -0.1) is 0 Å². The summed E-state index contributed by atoms with van der Waals surface area (Å²) in [7, 11) is 1.57. The first-order chi connectivity index (χ1) is 12.1. The molecule has 0 fully saturated rings. The van der Waals surface area contributed by atoms with E-state index in [-0.39, 0.29) is 18.2 Å². The second-order valence-electron chi connectivity index (χ2n) is 5.78. The van der Waals surface area contributed by atoms with E-state index >= 15 is 0 Å². The number of aryl methyl sites for hydroxylation is 1. The molecule has 3 rings (SSSR count). The van der Waals surface area contributed by atoms with Gasteiger partial charge in [0.1, 0.15) is 11.5 Å². The average molecular weight is 337 g/mol. The molecule has 0 atom stereocenters. The SMILES string of the molecule is COc1cccc(NC(=O)C2=NN(c3cccc(C)c3)C(=O)CC2)c1. The van der Waals surface area contributed by atoms with Crippen molar-refractivity contribution >= 4 is 28.9 Å². The molecule has 0 bridgehead atoms. The van der Waals surface area contributed by atoms with Gasteiger partial charge >= 0.3 is 0 Å². The molecule has 0 aromatic heterocycles. The Kier molecular flexibility index (Phi) is 4.79. The topological polar surface area (TPSA) is 71.0 Å². The number of ether oxygens (including phenoxy) is 1. The monoisotopic (exact) mass is 337 g/mol. The van der Waals surface area contributed by atoms with Crippen molar-refractivity contribution in [3.05, 3.63) is 54.1 Å². The van der Waals surface area contributed by atoms with Crippen LogP contribution >= 0.6 is 0 Å². The zero-order valence-electron chi connectivity index (χ0n) is 14.2. The number of anilines is 2. The van der Waals surface area contributed by atoms with Crippen molar-refractivity contribution in [2.45, 2.75) is 19.8 Å². The summed E-state index contributed by atoms with van der Waals surface area (Å²) in [5.74, 6) is 0.210. The number of rotatable bonds is 4. The number of amides is 2. The number of carbonyl (C=O) groups excluding carboxylic acids is 2. The van der Waals surface area contributed by atoms with E-state index in [4.69, 9.17) is 4.74 Å². The number of nitrogens with zero attached hydrogens (tertiary/aromatic N) is 2. The molecular formula is C19H19N3O3. The lowest BCUT2D eigenvalue weighted by Gasteiger charge is -2.23. The molecule has 1 heterocycles. The van der Waals surface area contributed by atoms with Gasteiger partial charge in [-0.05, 0) is 36.8 Å². The predicted molar refractivity (Wildman–Crippen MR) is 97.0 cm³/mol. The number of nitrogens with one attached hydrogen (secondary N) is 1. The third kappa shape index (κ3) is 3.85. The molecular weight excluding hydrogens is 318 g/mol. The zero-order valence-corrected chi connectivity index (χ0v) is 14.2. The summed E-state index contributed by atoms with van der Waals surface area (Å²) in [6.07, 6.45) is 0.565. The molecule has 2 aromatic carbocycles. The van der Waals surface area contributed by atoms with E-state index in [0.29, 0.717) is 29.3 Å². The Balaban J connectivity index is 1.82. The number of hydrazone groups is 1. The molecule has 0 aliphatic carbocycles. The van der Waals surface area contributed by atoms with E-state index in [9.17, 15) is 9.59 Å². The molecule has 2 aromatic rings. The zero-order chi connectivity index (χ0) is 17.8. The standard InChI is InChI=1S/C19H19N3O3/c1-13-5-3-7-15(11-13)22-18(23)10-9-17(21-22)19(24)20-14-6-4-8-16(12-14)25-2/h3-8,11-12H,9-10H2,1-2H3,(H,20,24). The van der Waals surface area contributed by atoms with Crippen molar-refractivity contribution in [3.8, 4) is 5.75 Å². The van der Waals surface area contributed by atoms with Crippen LogP contribution in [-0.4, -0.2) is 24.6 Å². The van der Waals surface area contributed by atoms with Crippen LogP contribution in [-0.2, 0) is 9.59 Å². The highest BCUT2D eigenvalue weighted by atomic mass is 16.5. The average Bonchev–Trinajstić information content (AvgIpc) is 2.62.